The highest BCUT2D eigenvalue weighted by Gasteiger charge is 2.41. The number of aromatic amines is 1. The summed E-state index contributed by atoms with van der Waals surface area (Å²) in [5, 5.41) is 34.3. The van der Waals surface area contributed by atoms with E-state index in [0.717, 1.165) is 28.2 Å². The molecule has 17 heteroatoms. The van der Waals surface area contributed by atoms with Crippen LogP contribution in [-0.4, -0.2) is 84.8 Å². The zero-order chi connectivity index (χ0) is 31.1. The van der Waals surface area contributed by atoms with Crippen molar-refractivity contribution in [2.75, 3.05) is 38.4 Å². The number of hydrogen-bond donors (Lipinski definition) is 6. The summed E-state index contributed by atoms with van der Waals surface area (Å²) in [5.41, 5.74) is 2.54. The van der Waals surface area contributed by atoms with Crippen LogP contribution in [0.5, 0.6) is 0 Å². The van der Waals surface area contributed by atoms with Crippen LogP contribution in [0.4, 0.5) is 5.95 Å². The number of nitrogens with one attached hydrogen (secondary N) is 2. The molecule has 0 spiro atoms. The summed E-state index contributed by atoms with van der Waals surface area (Å²) in [6.45, 7) is 3.62. The number of fused-ring (bicyclic) bond motifs is 1. The number of aromatic nitrogens is 4. The molecule has 232 valence electrons. The van der Waals surface area contributed by atoms with E-state index >= 15 is 0 Å². The number of carbonyl (C=O) groups excluding carboxylic acids is 1. The van der Waals surface area contributed by atoms with Crippen molar-refractivity contribution in [3.8, 4) is 0 Å². The zero-order valence-electron chi connectivity index (χ0n) is 23.7. The molecule has 0 aliphatic heterocycles. The molecule has 3 aromatic rings. The van der Waals surface area contributed by atoms with Crippen molar-refractivity contribution in [1.82, 2.24) is 24.6 Å². The molecular formula is C25H37N6O9PS. The molecule has 15 nitrogen and oxygen atoms in total. The topological polar surface area (TPSA) is 224 Å². The van der Waals surface area contributed by atoms with E-state index in [1.54, 1.807) is 13.8 Å². The van der Waals surface area contributed by atoms with Gasteiger partial charge in [-0.05, 0) is 26.3 Å². The Bertz CT molecular complexity index is 1450. The first-order valence-corrected chi connectivity index (χ1v) is 15.4. The summed E-state index contributed by atoms with van der Waals surface area (Å²) in [5.74, 6) is -0.0788. The SMILES string of the molecule is COC(COP(=O)(NCc1ccccc1)OCCSC(=O)C(C)(C)CO)[C@@H](O)[C@@](C)(O)n1cnc2c(=O)[nH]c(N)nc21. The molecule has 0 radical (unpaired) electrons. The van der Waals surface area contributed by atoms with Crippen LogP contribution in [0.25, 0.3) is 11.2 Å². The van der Waals surface area contributed by atoms with Crippen molar-refractivity contribution in [3.05, 3.63) is 52.6 Å². The molecular weight excluding hydrogens is 591 g/mol. The van der Waals surface area contributed by atoms with E-state index in [-0.39, 0.29) is 47.7 Å². The van der Waals surface area contributed by atoms with Gasteiger partial charge in [-0.3, -0.25) is 28.2 Å². The molecule has 1 aromatic carbocycles. The van der Waals surface area contributed by atoms with Crippen molar-refractivity contribution in [2.45, 2.75) is 45.2 Å². The van der Waals surface area contributed by atoms with Crippen molar-refractivity contribution < 1.29 is 38.5 Å². The van der Waals surface area contributed by atoms with Crippen LogP contribution in [-0.2, 0) is 35.4 Å². The van der Waals surface area contributed by atoms with E-state index in [2.05, 4.69) is 20.0 Å². The number of benzene rings is 1. The molecule has 0 saturated carbocycles. The average Bonchev–Trinajstić information content (AvgIpc) is 3.40. The number of anilines is 1. The van der Waals surface area contributed by atoms with Gasteiger partial charge in [-0.1, -0.05) is 42.1 Å². The minimum Gasteiger partial charge on any atom is -0.395 e. The number of aliphatic hydroxyl groups is 3. The molecule has 2 heterocycles. The maximum atomic E-state index is 13.7. The number of nitrogens with zero attached hydrogens (tertiary/aromatic N) is 3. The van der Waals surface area contributed by atoms with Gasteiger partial charge in [-0.2, -0.15) is 4.98 Å². The van der Waals surface area contributed by atoms with Gasteiger partial charge in [0.1, 0.15) is 12.2 Å². The second-order valence-electron chi connectivity index (χ2n) is 10.2. The van der Waals surface area contributed by atoms with Gasteiger partial charge in [0.15, 0.2) is 22.0 Å². The third-order valence-corrected chi connectivity index (χ3v) is 9.12. The number of nitrogens with two attached hydrogens (primary N) is 1. The molecule has 0 aliphatic carbocycles. The molecule has 4 atom stereocenters. The van der Waals surface area contributed by atoms with Crippen molar-refractivity contribution in [1.29, 1.82) is 0 Å². The first-order chi connectivity index (χ1) is 19.7. The maximum Gasteiger partial charge on any atom is 0.405 e. The normalized spacial score (nSPS) is 16.5. The van der Waals surface area contributed by atoms with E-state index in [0.29, 0.717) is 0 Å². The first kappa shape index (κ1) is 33.8. The average molecular weight is 629 g/mol. The quantitative estimate of drug-likeness (QED) is 0.0960. The van der Waals surface area contributed by atoms with Gasteiger partial charge in [0.25, 0.3) is 5.56 Å². The minimum absolute atomic E-state index is 0.0778. The number of imidazole rings is 1. The molecule has 0 saturated heterocycles. The van der Waals surface area contributed by atoms with Crippen LogP contribution in [0.15, 0.2) is 41.5 Å². The molecule has 0 amide bonds. The maximum absolute atomic E-state index is 13.7. The van der Waals surface area contributed by atoms with Gasteiger partial charge in [-0.15, -0.1) is 0 Å². The third kappa shape index (κ3) is 8.24. The predicted octanol–water partition coefficient (Wildman–Crippen LogP) is 0.952. The smallest absolute Gasteiger partial charge is 0.395 e. The summed E-state index contributed by atoms with van der Waals surface area (Å²) >= 11 is 0.927. The zero-order valence-corrected chi connectivity index (χ0v) is 25.4. The fourth-order valence-electron chi connectivity index (χ4n) is 3.68. The Hall–Kier alpha value is -2.66. The van der Waals surface area contributed by atoms with Crippen molar-refractivity contribution in [3.63, 3.8) is 0 Å². The number of carbonyl (C=O) groups is 1. The molecule has 7 N–H and O–H groups in total. The van der Waals surface area contributed by atoms with E-state index < -0.39 is 43.3 Å². The van der Waals surface area contributed by atoms with Gasteiger partial charge in [0.05, 0.1) is 31.6 Å². The van der Waals surface area contributed by atoms with Gasteiger partial charge < -0.3 is 25.8 Å². The Labute approximate surface area is 246 Å². The third-order valence-electron chi connectivity index (χ3n) is 6.38. The van der Waals surface area contributed by atoms with Crippen LogP contribution < -0.4 is 16.4 Å². The van der Waals surface area contributed by atoms with Gasteiger partial charge in [0.2, 0.25) is 5.95 Å². The summed E-state index contributed by atoms with van der Waals surface area (Å²) in [6, 6.07) is 9.07. The fourth-order valence-corrected chi connectivity index (χ4v) is 5.92. The predicted molar refractivity (Wildman–Crippen MR) is 156 cm³/mol. The second-order valence-corrected chi connectivity index (χ2v) is 13.1. The Kier molecular flexibility index (Phi) is 11.4. The molecule has 2 aromatic heterocycles. The van der Waals surface area contributed by atoms with Crippen molar-refractivity contribution in [2.24, 2.45) is 5.41 Å². The highest BCUT2D eigenvalue weighted by Crippen LogP contribution is 2.45. The first-order valence-electron chi connectivity index (χ1n) is 12.9. The Morgan fingerprint density at radius 1 is 1.26 bits per heavy atom. The molecule has 42 heavy (non-hydrogen) atoms. The number of hydrogen-bond acceptors (Lipinski definition) is 13. The lowest BCUT2D eigenvalue weighted by atomic mass is 9.97. The Morgan fingerprint density at radius 3 is 2.60 bits per heavy atom. The Balaban J connectivity index is 1.74. The molecule has 0 fully saturated rings. The number of methoxy groups -OCH3 is 1. The molecule has 0 aliphatic rings. The fraction of sp³-hybridized carbons (Fsp3) is 0.520. The number of ether oxygens (including phenoxy) is 1. The van der Waals surface area contributed by atoms with Crippen LogP contribution in [0.3, 0.4) is 0 Å². The van der Waals surface area contributed by atoms with Gasteiger partial charge in [-0.25, -0.2) is 14.6 Å². The van der Waals surface area contributed by atoms with Gasteiger partial charge >= 0.3 is 7.75 Å². The summed E-state index contributed by atoms with van der Waals surface area (Å²) < 4.78 is 31.3. The summed E-state index contributed by atoms with van der Waals surface area (Å²) in [7, 11) is -2.80. The standard InChI is InChI=1S/C25H37N6O9PS/c1-24(2,14-32)22(35)42-11-10-39-41(37,28-12-16-8-6-5-7-9-16)40-13-17(38-4)19(33)25(3,36)31-15-27-18-20(31)29-23(26)30-21(18)34/h5-9,15,17,19,32-33,36H,10-14H2,1-4H3,(H,28,37)(H3,26,29,30,34)/t17?,19-,25-,41?/m1/s1. The lowest BCUT2D eigenvalue weighted by Crippen LogP contribution is -2.50. The monoisotopic (exact) mass is 628 g/mol. The Morgan fingerprint density at radius 2 is 1.95 bits per heavy atom. The molecule has 2 unspecified atom stereocenters. The summed E-state index contributed by atoms with van der Waals surface area (Å²) in [6.07, 6.45) is -1.84. The number of thioether (sulfide) groups is 1. The minimum atomic E-state index is -4.05. The number of aliphatic hydroxyl groups excluding tert-OH is 2. The van der Waals surface area contributed by atoms with Crippen LogP contribution in [0.1, 0.15) is 26.3 Å². The number of H-pyrrole nitrogens is 1. The highest BCUT2D eigenvalue weighted by atomic mass is 32.2. The van der Waals surface area contributed by atoms with E-state index in [4.69, 9.17) is 19.5 Å². The van der Waals surface area contributed by atoms with Crippen LogP contribution in [0, 0.1) is 5.41 Å². The largest absolute Gasteiger partial charge is 0.405 e. The van der Waals surface area contributed by atoms with Crippen molar-refractivity contribution >= 4 is 41.7 Å². The van der Waals surface area contributed by atoms with Crippen LogP contribution >= 0.6 is 19.5 Å². The second kappa shape index (κ2) is 14.2. The van der Waals surface area contributed by atoms with E-state index in [9.17, 15) is 29.5 Å². The number of rotatable bonds is 16. The lowest BCUT2D eigenvalue weighted by Gasteiger charge is -2.35. The van der Waals surface area contributed by atoms with Gasteiger partial charge in [0, 0.05) is 19.4 Å². The number of nitrogen functional groups attached to an aromatic ring is 1. The molecule has 3 rings (SSSR count). The van der Waals surface area contributed by atoms with E-state index in [1.807, 2.05) is 30.3 Å². The summed E-state index contributed by atoms with van der Waals surface area (Å²) in [4.78, 5) is 34.7. The lowest BCUT2D eigenvalue weighted by molar-refractivity contribution is -0.173. The van der Waals surface area contributed by atoms with E-state index in [1.165, 1.54) is 14.0 Å². The van der Waals surface area contributed by atoms with Crippen LogP contribution in [0.2, 0.25) is 0 Å². The highest BCUT2D eigenvalue weighted by molar-refractivity contribution is 8.13. The molecule has 0 bridgehead atoms.